The monoisotopic (exact) mass is 261 g/mol. The maximum Gasteiger partial charge on any atom is 0.0208 e. The summed E-state index contributed by atoms with van der Waals surface area (Å²) in [6.07, 6.45) is 2.09. The Morgan fingerprint density at radius 2 is 1.63 bits per heavy atom. The van der Waals surface area contributed by atoms with Gasteiger partial charge in [-0.1, -0.05) is 31.2 Å². The Bertz CT molecular complexity index is 366. The SMILES string of the molecule is CCc1ccc(CC(N)CN2CCN(C)CC2)cc1. The van der Waals surface area contributed by atoms with Gasteiger partial charge in [-0.2, -0.15) is 0 Å². The average Bonchev–Trinajstić information content (AvgIpc) is 2.42. The summed E-state index contributed by atoms with van der Waals surface area (Å²) in [4.78, 5) is 4.87. The van der Waals surface area contributed by atoms with Crippen LogP contribution in [0, 0.1) is 0 Å². The van der Waals surface area contributed by atoms with Crippen LogP contribution in [0.4, 0.5) is 0 Å². The third-order valence-corrected chi connectivity index (χ3v) is 4.02. The number of nitrogens with zero attached hydrogens (tertiary/aromatic N) is 2. The average molecular weight is 261 g/mol. The zero-order valence-electron chi connectivity index (χ0n) is 12.3. The molecule has 19 heavy (non-hydrogen) atoms. The molecule has 1 saturated heterocycles. The number of likely N-dealkylation sites (N-methyl/N-ethyl adjacent to an activating group) is 1. The molecule has 0 aliphatic carbocycles. The number of piperazine rings is 1. The molecule has 1 atom stereocenters. The maximum absolute atomic E-state index is 6.29. The molecule has 1 unspecified atom stereocenters. The molecule has 3 heteroatoms. The molecule has 0 saturated carbocycles. The molecule has 0 amide bonds. The maximum atomic E-state index is 6.29. The first-order valence-corrected chi connectivity index (χ1v) is 7.41. The zero-order chi connectivity index (χ0) is 13.7. The van der Waals surface area contributed by atoms with E-state index in [4.69, 9.17) is 5.73 Å². The molecule has 0 radical (unpaired) electrons. The van der Waals surface area contributed by atoms with E-state index in [2.05, 4.69) is 48.0 Å². The number of benzene rings is 1. The van der Waals surface area contributed by atoms with E-state index in [1.165, 1.54) is 11.1 Å². The number of rotatable bonds is 5. The van der Waals surface area contributed by atoms with Crippen LogP contribution in [0.3, 0.4) is 0 Å². The summed E-state index contributed by atoms with van der Waals surface area (Å²) in [5.74, 6) is 0. The fourth-order valence-corrected chi connectivity index (χ4v) is 2.64. The summed E-state index contributed by atoms with van der Waals surface area (Å²) < 4.78 is 0. The highest BCUT2D eigenvalue weighted by Crippen LogP contribution is 2.08. The fraction of sp³-hybridized carbons (Fsp3) is 0.625. The van der Waals surface area contributed by atoms with Crippen molar-refractivity contribution in [2.45, 2.75) is 25.8 Å². The van der Waals surface area contributed by atoms with Gasteiger partial charge in [-0.25, -0.2) is 0 Å². The summed E-state index contributed by atoms with van der Waals surface area (Å²) in [6.45, 7) is 7.84. The fourth-order valence-electron chi connectivity index (χ4n) is 2.64. The molecule has 0 spiro atoms. The second kappa shape index (κ2) is 7.04. The number of hydrogen-bond acceptors (Lipinski definition) is 3. The predicted octanol–water partition coefficient (Wildman–Crippen LogP) is 1.37. The lowest BCUT2D eigenvalue weighted by molar-refractivity contribution is 0.147. The van der Waals surface area contributed by atoms with Gasteiger partial charge in [-0.3, -0.25) is 4.90 Å². The lowest BCUT2D eigenvalue weighted by Crippen LogP contribution is -2.49. The molecule has 0 aromatic heterocycles. The Balaban J connectivity index is 1.78. The van der Waals surface area contributed by atoms with Gasteiger partial charge in [0.15, 0.2) is 0 Å². The van der Waals surface area contributed by atoms with Crippen LogP contribution in [0.2, 0.25) is 0 Å². The quantitative estimate of drug-likeness (QED) is 0.869. The zero-order valence-corrected chi connectivity index (χ0v) is 12.3. The second-order valence-corrected chi connectivity index (χ2v) is 5.74. The van der Waals surface area contributed by atoms with Gasteiger partial charge in [0.2, 0.25) is 0 Å². The molecule has 1 aromatic rings. The van der Waals surface area contributed by atoms with Crippen molar-refractivity contribution < 1.29 is 0 Å². The van der Waals surface area contributed by atoms with Crippen molar-refractivity contribution in [2.75, 3.05) is 39.8 Å². The van der Waals surface area contributed by atoms with Gasteiger partial charge in [0, 0.05) is 38.8 Å². The van der Waals surface area contributed by atoms with Crippen molar-refractivity contribution in [3.05, 3.63) is 35.4 Å². The lowest BCUT2D eigenvalue weighted by atomic mass is 10.0. The molecule has 1 heterocycles. The van der Waals surface area contributed by atoms with Crippen LogP contribution < -0.4 is 5.73 Å². The molecule has 0 bridgehead atoms. The standard InChI is InChI=1S/C16H27N3/c1-3-14-4-6-15(7-5-14)12-16(17)13-19-10-8-18(2)9-11-19/h4-7,16H,3,8-13,17H2,1-2H3. The van der Waals surface area contributed by atoms with Crippen LogP contribution in [0.1, 0.15) is 18.1 Å². The van der Waals surface area contributed by atoms with E-state index in [9.17, 15) is 0 Å². The highest BCUT2D eigenvalue weighted by Gasteiger charge is 2.16. The van der Waals surface area contributed by atoms with E-state index in [1.54, 1.807) is 0 Å². The van der Waals surface area contributed by atoms with E-state index in [0.29, 0.717) is 0 Å². The topological polar surface area (TPSA) is 32.5 Å². The number of nitrogens with two attached hydrogens (primary N) is 1. The minimum Gasteiger partial charge on any atom is -0.326 e. The molecule has 1 fully saturated rings. The van der Waals surface area contributed by atoms with Crippen LogP contribution in [0.5, 0.6) is 0 Å². The van der Waals surface area contributed by atoms with Gasteiger partial charge >= 0.3 is 0 Å². The van der Waals surface area contributed by atoms with Crippen molar-refractivity contribution in [1.29, 1.82) is 0 Å². The Labute approximate surface area is 117 Å². The highest BCUT2D eigenvalue weighted by atomic mass is 15.2. The van der Waals surface area contributed by atoms with Gasteiger partial charge in [0.05, 0.1) is 0 Å². The minimum atomic E-state index is 0.246. The van der Waals surface area contributed by atoms with E-state index in [0.717, 1.165) is 45.6 Å². The summed E-state index contributed by atoms with van der Waals surface area (Å²) >= 11 is 0. The first-order chi connectivity index (χ1) is 9.17. The van der Waals surface area contributed by atoms with Crippen molar-refractivity contribution >= 4 is 0 Å². The van der Waals surface area contributed by atoms with Crippen molar-refractivity contribution in [3.8, 4) is 0 Å². The van der Waals surface area contributed by atoms with Gasteiger partial charge in [0.25, 0.3) is 0 Å². The largest absolute Gasteiger partial charge is 0.326 e. The van der Waals surface area contributed by atoms with E-state index in [-0.39, 0.29) is 6.04 Å². The number of hydrogen-bond donors (Lipinski definition) is 1. The molecule has 3 nitrogen and oxygen atoms in total. The van der Waals surface area contributed by atoms with Crippen LogP contribution in [-0.2, 0) is 12.8 Å². The van der Waals surface area contributed by atoms with Crippen LogP contribution in [0.25, 0.3) is 0 Å². The Morgan fingerprint density at radius 3 is 2.21 bits per heavy atom. The van der Waals surface area contributed by atoms with Crippen molar-refractivity contribution in [1.82, 2.24) is 9.80 Å². The van der Waals surface area contributed by atoms with Gasteiger partial charge < -0.3 is 10.6 Å². The molecule has 1 aliphatic heterocycles. The summed E-state index contributed by atoms with van der Waals surface area (Å²) in [5.41, 5.74) is 9.05. The Morgan fingerprint density at radius 1 is 1.05 bits per heavy atom. The minimum absolute atomic E-state index is 0.246. The van der Waals surface area contributed by atoms with Gasteiger partial charge in [-0.05, 0) is 31.0 Å². The van der Waals surface area contributed by atoms with E-state index >= 15 is 0 Å². The molecular weight excluding hydrogens is 234 g/mol. The van der Waals surface area contributed by atoms with E-state index < -0.39 is 0 Å². The molecule has 2 rings (SSSR count). The molecule has 106 valence electrons. The Kier molecular flexibility index (Phi) is 5.37. The number of aryl methyl sites for hydroxylation is 1. The van der Waals surface area contributed by atoms with Crippen molar-refractivity contribution in [2.24, 2.45) is 5.73 Å². The molecule has 2 N–H and O–H groups in total. The van der Waals surface area contributed by atoms with E-state index in [1.807, 2.05) is 0 Å². The summed E-state index contributed by atoms with van der Waals surface area (Å²) in [7, 11) is 2.19. The molecule has 1 aromatic carbocycles. The highest BCUT2D eigenvalue weighted by molar-refractivity contribution is 5.23. The summed E-state index contributed by atoms with van der Waals surface area (Å²) in [5, 5.41) is 0. The predicted molar refractivity (Wildman–Crippen MR) is 81.4 cm³/mol. The third kappa shape index (κ3) is 4.60. The summed E-state index contributed by atoms with van der Waals surface area (Å²) in [6, 6.07) is 9.14. The smallest absolute Gasteiger partial charge is 0.0208 e. The van der Waals surface area contributed by atoms with Crippen LogP contribution in [-0.4, -0.2) is 55.6 Å². The first kappa shape index (κ1) is 14.5. The normalized spacial score (nSPS) is 19.5. The van der Waals surface area contributed by atoms with Gasteiger partial charge in [-0.15, -0.1) is 0 Å². The molecule has 1 aliphatic rings. The van der Waals surface area contributed by atoms with Crippen LogP contribution in [0.15, 0.2) is 24.3 Å². The third-order valence-electron chi connectivity index (χ3n) is 4.02. The van der Waals surface area contributed by atoms with Crippen LogP contribution >= 0.6 is 0 Å². The lowest BCUT2D eigenvalue weighted by Gasteiger charge is -2.33. The van der Waals surface area contributed by atoms with Crippen molar-refractivity contribution in [3.63, 3.8) is 0 Å². The first-order valence-electron chi connectivity index (χ1n) is 7.41. The second-order valence-electron chi connectivity index (χ2n) is 5.74. The molecular formula is C16H27N3. The van der Waals surface area contributed by atoms with Gasteiger partial charge in [0.1, 0.15) is 0 Å². The Hall–Kier alpha value is -0.900.